The van der Waals surface area contributed by atoms with Crippen molar-refractivity contribution in [1.29, 1.82) is 0 Å². The van der Waals surface area contributed by atoms with Gasteiger partial charge in [0, 0.05) is 18.5 Å². The van der Waals surface area contributed by atoms with Crippen LogP contribution in [0.25, 0.3) is 0 Å². The van der Waals surface area contributed by atoms with E-state index in [0.29, 0.717) is 19.0 Å². The van der Waals surface area contributed by atoms with Gasteiger partial charge in [-0.15, -0.1) is 11.6 Å². The van der Waals surface area contributed by atoms with E-state index in [9.17, 15) is 8.42 Å². The van der Waals surface area contributed by atoms with Crippen LogP contribution in [0.1, 0.15) is 45.4 Å². The Labute approximate surface area is 110 Å². The molecule has 100 valence electrons. The molecule has 0 aromatic carbocycles. The second kappa shape index (κ2) is 5.45. The van der Waals surface area contributed by atoms with Crippen molar-refractivity contribution in [3.8, 4) is 0 Å². The Balaban J connectivity index is 2.04. The highest BCUT2D eigenvalue weighted by molar-refractivity contribution is 7.89. The van der Waals surface area contributed by atoms with Crippen molar-refractivity contribution in [3.63, 3.8) is 0 Å². The molecule has 0 aromatic rings. The van der Waals surface area contributed by atoms with Crippen molar-refractivity contribution < 1.29 is 8.42 Å². The largest absolute Gasteiger partial charge is 0.217 e. The first-order valence-corrected chi connectivity index (χ1v) is 8.59. The van der Waals surface area contributed by atoms with Gasteiger partial charge in [-0.1, -0.05) is 26.2 Å². The summed E-state index contributed by atoms with van der Waals surface area (Å²) in [7, 11) is -3.09. The lowest BCUT2D eigenvalue weighted by Crippen LogP contribution is -2.47. The summed E-state index contributed by atoms with van der Waals surface area (Å²) in [5, 5.41) is -0.171. The zero-order valence-corrected chi connectivity index (χ0v) is 12.0. The summed E-state index contributed by atoms with van der Waals surface area (Å²) in [6.07, 6.45) is 5.85. The highest BCUT2D eigenvalue weighted by Gasteiger charge is 2.37. The van der Waals surface area contributed by atoms with Gasteiger partial charge < -0.3 is 0 Å². The van der Waals surface area contributed by atoms with E-state index < -0.39 is 10.0 Å². The van der Waals surface area contributed by atoms with E-state index in [2.05, 4.69) is 6.92 Å². The van der Waals surface area contributed by atoms with E-state index in [-0.39, 0.29) is 10.6 Å². The minimum Gasteiger partial charge on any atom is -0.212 e. The number of hydrogen-bond donors (Lipinski definition) is 0. The molecule has 2 aliphatic rings. The van der Waals surface area contributed by atoms with Crippen LogP contribution in [-0.4, -0.2) is 36.4 Å². The Morgan fingerprint density at radius 3 is 2.35 bits per heavy atom. The fraction of sp³-hybridized carbons (Fsp3) is 1.00. The van der Waals surface area contributed by atoms with Crippen molar-refractivity contribution in [1.82, 2.24) is 4.31 Å². The highest BCUT2D eigenvalue weighted by Crippen LogP contribution is 2.30. The van der Waals surface area contributed by atoms with Gasteiger partial charge in [0.2, 0.25) is 10.0 Å². The first-order chi connectivity index (χ1) is 8.01. The van der Waals surface area contributed by atoms with Crippen molar-refractivity contribution >= 4 is 21.6 Å². The molecular formula is C12H22ClNO2S. The Morgan fingerprint density at radius 2 is 1.76 bits per heavy atom. The van der Waals surface area contributed by atoms with E-state index in [1.54, 1.807) is 4.31 Å². The van der Waals surface area contributed by atoms with Crippen LogP contribution in [0.5, 0.6) is 0 Å². The predicted octanol–water partition coefficient (Wildman–Crippen LogP) is 2.60. The molecule has 1 aliphatic carbocycles. The van der Waals surface area contributed by atoms with Crippen molar-refractivity contribution in [2.45, 2.75) is 56.1 Å². The summed E-state index contributed by atoms with van der Waals surface area (Å²) in [6, 6.07) is 0. The van der Waals surface area contributed by atoms with Gasteiger partial charge in [-0.2, -0.15) is 0 Å². The zero-order chi connectivity index (χ0) is 12.5. The SMILES string of the molecule is CC1CCN(S(=O)(=O)C2CCCCC2)CC1Cl. The van der Waals surface area contributed by atoms with Crippen LogP contribution in [0.3, 0.4) is 0 Å². The van der Waals surface area contributed by atoms with E-state index >= 15 is 0 Å². The Kier molecular flexibility index (Phi) is 4.37. The predicted molar refractivity (Wildman–Crippen MR) is 70.8 cm³/mol. The second-order valence-corrected chi connectivity index (χ2v) is 8.22. The third-order valence-electron chi connectivity index (χ3n) is 4.16. The third kappa shape index (κ3) is 2.96. The monoisotopic (exact) mass is 279 g/mol. The van der Waals surface area contributed by atoms with Gasteiger partial charge in [0.05, 0.1) is 5.25 Å². The summed E-state index contributed by atoms with van der Waals surface area (Å²) >= 11 is 6.20. The first kappa shape index (κ1) is 13.6. The molecule has 0 aromatic heterocycles. The lowest BCUT2D eigenvalue weighted by Gasteiger charge is -2.36. The van der Waals surface area contributed by atoms with Crippen LogP contribution in [-0.2, 0) is 10.0 Å². The molecule has 0 radical (unpaired) electrons. The molecule has 2 rings (SSSR count). The summed E-state index contributed by atoms with van der Waals surface area (Å²) in [5.41, 5.74) is 0. The molecule has 0 bridgehead atoms. The van der Waals surface area contributed by atoms with Gasteiger partial charge in [-0.05, 0) is 25.2 Å². The van der Waals surface area contributed by atoms with Crippen molar-refractivity contribution in [2.75, 3.05) is 13.1 Å². The normalized spacial score (nSPS) is 33.8. The number of piperidine rings is 1. The maximum atomic E-state index is 12.5. The van der Waals surface area contributed by atoms with Gasteiger partial charge in [0.1, 0.15) is 0 Å². The van der Waals surface area contributed by atoms with E-state index in [1.807, 2.05) is 0 Å². The lowest BCUT2D eigenvalue weighted by molar-refractivity contribution is 0.287. The molecule has 3 nitrogen and oxygen atoms in total. The summed E-state index contributed by atoms with van der Waals surface area (Å²) < 4.78 is 26.6. The average Bonchev–Trinajstić information content (AvgIpc) is 2.33. The summed E-state index contributed by atoms with van der Waals surface area (Å²) in [6.45, 7) is 3.26. The van der Waals surface area contributed by atoms with Crippen molar-refractivity contribution in [3.05, 3.63) is 0 Å². The molecule has 2 unspecified atom stereocenters. The highest BCUT2D eigenvalue weighted by atomic mass is 35.5. The van der Waals surface area contributed by atoms with Crippen LogP contribution < -0.4 is 0 Å². The topological polar surface area (TPSA) is 37.4 Å². The molecule has 1 aliphatic heterocycles. The Hall–Kier alpha value is 0.200. The number of hydrogen-bond acceptors (Lipinski definition) is 2. The number of rotatable bonds is 2. The number of alkyl halides is 1. The van der Waals surface area contributed by atoms with Crippen molar-refractivity contribution in [2.24, 2.45) is 5.92 Å². The smallest absolute Gasteiger partial charge is 0.212 e. The molecule has 2 fully saturated rings. The van der Waals surface area contributed by atoms with Gasteiger partial charge in [-0.3, -0.25) is 0 Å². The fourth-order valence-corrected chi connectivity index (χ4v) is 5.25. The van der Waals surface area contributed by atoms with Gasteiger partial charge >= 0.3 is 0 Å². The van der Waals surface area contributed by atoms with E-state index in [4.69, 9.17) is 11.6 Å². The summed E-state index contributed by atoms with van der Waals surface area (Å²) in [5.74, 6) is 0.425. The zero-order valence-electron chi connectivity index (χ0n) is 10.4. The number of halogens is 1. The van der Waals surface area contributed by atoms with Gasteiger partial charge in [0.15, 0.2) is 0 Å². The van der Waals surface area contributed by atoms with Gasteiger partial charge in [0.25, 0.3) is 0 Å². The first-order valence-electron chi connectivity index (χ1n) is 6.65. The molecule has 17 heavy (non-hydrogen) atoms. The fourth-order valence-electron chi connectivity index (χ4n) is 2.80. The molecule has 5 heteroatoms. The Bertz CT molecular complexity index is 352. The maximum absolute atomic E-state index is 12.5. The second-order valence-electron chi connectivity index (χ2n) is 5.44. The van der Waals surface area contributed by atoms with E-state index in [1.165, 1.54) is 6.42 Å². The summed E-state index contributed by atoms with van der Waals surface area (Å²) in [4.78, 5) is 0. The lowest BCUT2D eigenvalue weighted by atomic mass is 10.0. The maximum Gasteiger partial charge on any atom is 0.217 e. The average molecular weight is 280 g/mol. The van der Waals surface area contributed by atoms with Crippen LogP contribution in [0.4, 0.5) is 0 Å². The third-order valence-corrected chi connectivity index (χ3v) is 7.10. The molecule has 1 heterocycles. The minimum absolute atomic E-state index is 0.0258. The van der Waals surface area contributed by atoms with Crippen LogP contribution in [0.2, 0.25) is 0 Å². The quantitative estimate of drug-likeness (QED) is 0.729. The van der Waals surface area contributed by atoms with Crippen LogP contribution in [0, 0.1) is 5.92 Å². The standard InChI is InChI=1S/C12H22ClNO2S/c1-10-7-8-14(9-12(10)13)17(15,16)11-5-3-2-4-6-11/h10-12H,2-9H2,1H3. The van der Waals surface area contributed by atoms with E-state index in [0.717, 1.165) is 32.1 Å². The molecule has 1 saturated heterocycles. The molecule has 0 amide bonds. The van der Waals surface area contributed by atoms with Crippen LogP contribution in [0.15, 0.2) is 0 Å². The molecule has 0 spiro atoms. The minimum atomic E-state index is -3.09. The number of sulfonamides is 1. The molecule has 1 saturated carbocycles. The van der Waals surface area contributed by atoms with Crippen LogP contribution >= 0.6 is 11.6 Å². The Morgan fingerprint density at radius 1 is 1.12 bits per heavy atom. The molecule has 0 N–H and O–H groups in total. The van der Waals surface area contributed by atoms with Gasteiger partial charge in [-0.25, -0.2) is 12.7 Å². The molecule has 2 atom stereocenters. The molecular weight excluding hydrogens is 258 g/mol. The number of nitrogens with zero attached hydrogens (tertiary/aromatic N) is 1.